The van der Waals surface area contributed by atoms with Gasteiger partial charge in [0.25, 0.3) is 0 Å². The molecular formula is C22H36O3. The Morgan fingerprint density at radius 2 is 1.92 bits per heavy atom. The molecule has 0 aromatic rings. The molecule has 3 atom stereocenters. The summed E-state index contributed by atoms with van der Waals surface area (Å²) in [5.74, 6) is 0.446. The average molecular weight is 349 g/mol. The monoisotopic (exact) mass is 348 g/mol. The van der Waals surface area contributed by atoms with E-state index >= 15 is 0 Å². The molecule has 0 radical (unpaired) electrons. The minimum atomic E-state index is -0.832. The van der Waals surface area contributed by atoms with Crippen LogP contribution in [0.4, 0.5) is 0 Å². The summed E-state index contributed by atoms with van der Waals surface area (Å²) in [5.41, 5.74) is -0.832. The molecule has 2 N–H and O–H groups in total. The zero-order valence-electron chi connectivity index (χ0n) is 15.8. The predicted molar refractivity (Wildman–Crippen MR) is 104 cm³/mol. The number of aliphatic hydroxyl groups is 2. The molecule has 0 fully saturated rings. The molecule has 142 valence electrons. The van der Waals surface area contributed by atoms with Crippen molar-refractivity contribution in [3.8, 4) is 0 Å². The number of ketones is 1. The number of carbonyl (C=O) groups excluding carboxylic acids is 1. The second kappa shape index (κ2) is 12.2. The van der Waals surface area contributed by atoms with Gasteiger partial charge in [-0.05, 0) is 31.8 Å². The molecule has 0 bridgehead atoms. The summed E-state index contributed by atoms with van der Waals surface area (Å²) in [5, 5.41) is 19.3. The smallest absolute Gasteiger partial charge is 0.159 e. The Bertz CT molecular complexity index is 452. The Balaban J connectivity index is 2.42. The summed E-state index contributed by atoms with van der Waals surface area (Å²) < 4.78 is 0. The average Bonchev–Trinajstić information content (AvgIpc) is 2.96. The van der Waals surface area contributed by atoms with Crippen molar-refractivity contribution in [2.45, 2.75) is 76.7 Å². The fourth-order valence-electron chi connectivity index (χ4n) is 3.39. The molecule has 0 aromatic carbocycles. The highest BCUT2D eigenvalue weighted by Crippen LogP contribution is 2.30. The van der Waals surface area contributed by atoms with Crippen LogP contribution in [0.1, 0.15) is 71.1 Å². The highest BCUT2D eigenvalue weighted by atomic mass is 16.3. The summed E-state index contributed by atoms with van der Waals surface area (Å²) in [6.07, 6.45) is 18.9. The van der Waals surface area contributed by atoms with Gasteiger partial charge in [0.2, 0.25) is 0 Å². The fourth-order valence-corrected chi connectivity index (χ4v) is 3.39. The van der Waals surface area contributed by atoms with E-state index in [0.29, 0.717) is 6.42 Å². The van der Waals surface area contributed by atoms with Crippen LogP contribution in [0.2, 0.25) is 0 Å². The van der Waals surface area contributed by atoms with Crippen LogP contribution < -0.4 is 0 Å². The molecule has 0 aliphatic heterocycles. The highest BCUT2D eigenvalue weighted by Gasteiger charge is 2.28. The second-order valence-corrected chi connectivity index (χ2v) is 7.27. The van der Waals surface area contributed by atoms with Crippen molar-refractivity contribution in [2.75, 3.05) is 6.61 Å². The van der Waals surface area contributed by atoms with Crippen LogP contribution in [0.5, 0.6) is 0 Å². The van der Waals surface area contributed by atoms with E-state index in [1.165, 1.54) is 0 Å². The minimum absolute atomic E-state index is 0.0570. The van der Waals surface area contributed by atoms with Gasteiger partial charge in [0.05, 0.1) is 5.60 Å². The molecular weight excluding hydrogens is 312 g/mol. The first-order chi connectivity index (χ1) is 12.1. The lowest BCUT2D eigenvalue weighted by Gasteiger charge is -2.23. The Labute approximate surface area is 153 Å². The van der Waals surface area contributed by atoms with E-state index in [9.17, 15) is 9.90 Å². The molecule has 0 heterocycles. The third-order valence-electron chi connectivity index (χ3n) is 5.16. The van der Waals surface area contributed by atoms with E-state index in [0.717, 1.165) is 57.8 Å². The van der Waals surface area contributed by atoms with E-state index in [1.807, 2.05) is 12.2 Å². The molecule has 0 spiro atoms. The maximum Gasteiger partial charge on any atom is 0.159 e. The van der Waals surface area contributed by atoms with E-state index in [1.54, 1.807) is 12.2 Å². The van der Waals surface area contributed by atoms with Gasteiger partial charge in [-0.15, -0.1) is 6.58 Å². The standard InChI is InChI=1S/C22H36O3/c1-3-5-16-22(25,4-2)17-11-12-19-14-15-21(24)20(19)13-9-7-6-8-10-18-23/h4,11-12,14-15,19-20,23,25H,2-3,5-10,13,16-18H2,1H3/t19-,20+,22?/m0/s1. The first-order valence-electron chi connectivity index (χ1n) is 9.92. The number of rotatable bonds is 14. The summed E-state index contributed by atoms with van der Waals surface area (Å²) >= 11 is 0. The number of carbonyl (C=O) groups is 1. The van der Waals surface area contributed by atoms with Gasteiger partial charge in [-0.25, -0.2) is 0 Å². The van der Waals surface area contributed by atoms with Gasteiger partial charge in [0, 0.05) is 18.4 Å². The SMILES string of the molecule is C=CC(O)(CC=C[C@H]1C=CC(=O)[C@@H]1CCCCCCCO)CCCC. The summed E-state index contributed by atoms with van der Waals surface area (Å²) in [6, 6.07) is 0. The quantitative estimate of drug-likeness (QED) is 0.352. The lowest BCUT2D eigenvalue weighted by molar-refractivity contribution is -0.118. The molecule has 0 saturated carbocycles. The first kappa shape index (κ1) is 21.9. The van der Waals surface area contributed by atoms with Gasteiger partial charge in [-0.3, -0.25) is 4.79 Å². The Kier molecular flexibility index (Phi) is 10.7. The lowest BCUT2D eigenvalue weighted by Crippen LogP contribution is -2.24. The molecule has 1 aliphatic rings. The van der Waals surface area contributed by atoms with Crippen molar-refractivity contribution in [1.29, 1.82) is 0 Å². The Morgan fingerprint density at radius 3 is 2.60 bits per heavy atom. The van der Waals surface area contributed by atoms with E-state index in [4.69, 9.17) is 5.11 Å². The molecule has 3 nitrogen and oxygen atoms in total. The molecule has 1 rings (SSSR count). The topological polar surface area (TPSA) is 57.5 Å². The summed E-state index contributed by atoms with van der Waals surface area (Å²) in [4.78, 5) is 12.1. The van der Waals surface area contributed by atoms with Gasteiger partial charge in [0.15, 0.2) is 5.78 Å². The third-order valence-corrected chi connectivity index (χ3v) is 5.16. The lowest BCUT2D eigenvalue weighted by atomic mass is 9.87. The third kappa shape index (κ3) is 8.15. The van der Waals surface area contributed by atoms with E-state index < -0.39 is 5.60 Å². The van der Waals surface area contributed by atoms with Crippen LogP contribution in [-0.2, 0) is 4.79 Å². The number of hydrogen-bond donors (Lipinski definition) is 2. The second-order valence-electron chi connectivity index (χ2n) is 7.27. The van der Waals surface area contributed by atoms with Crippen molar-refractivity contribution in [2.24, 2.45) is 11.8 Å². The van der Waals surface area contributed by atoms with Crippen molar-refractivity contribution < 1.29 is 15.0 Å². The maximum absolute atomic E-state index is 12.1. The van der Waals surface area contributed by atoms with Crippen LogP contribution in [-0.4, -0.2) is 28.2 Å². The van der Waals surface area contributed by atoms with Crippen LogP contribution in [0.25, 0.3) is 0 Å². The number of allylic oxidation sites excluding steroid dienone is 3. The molecule has 0 saturated heterocycles. The molecule has 1 unspecified atom stereocenters. The van der Waals surface area contributed by atoms with Crippen LogP contribution in [0.3, 0.4) is 0 Å². The van der Waals surface area contributed by atoms with Crippen molar-refractivity contribution >= 4 is 5.78 Å². The van der Waals surface area contributed by atoms with Crippen molar-refractivity contribution in [1.82, 2.24) is 0 Å². The number of hydrogen-bond acceptors (Lipinski definition) is 3. The van der Waals surface area contributed by atoms with Gasteiger partial charge in [0.1, 0.15) is 0 Å². The zero-order valence-corrected chi connectivity index (χ0v) is 15.8. The van der Waals surface area contributed by atoms with Crippen molar-refractivity contribution in [3.05, 3.63) is 37.0 Å². The summed E-state index contributed by atoms with van der Waals surface area (Å²) in [7, 11) is 0. The van der Waals surface area contributed by atoms with Gasteiger partial charge in [-0.2, -0.15) is 0 Å². The number of aliphatic hydroxyl groups excluding tert-OH is 1. The molecule has 0 aromatic heterocycles. The fraction of sp³-hybridized carbons (Fsp3) is 0.682. The zero-order chi connectivity index (χ0) is 18.5. The number of unbranched alkanes of at least 4 members (excludes halogenated alkanes) is 5. The molecule has 0 amide bonds. The van der Waals surface area contributed by atoms with Crippen molar-refractivity contribution in [3.63, 3.8) is 0 Å². The minimum Gasteiger partial charge on any atom is -0.396 e. The van der Waals surface area contributed by atoms with Gasteiger partial charge < -0.3 is 10.2 Å². The van der Waals surface area contributed by atoms with Gasteiger partial charge >= 0.3 is 0 Å². The Hall–Kier alpha value is -1.19. The van der Waals surface area contributed by atoms with Crippen LogP contribution in [0.15, 0.2) is 37.0 Å². The molecule has 3 heteroatoms. The highest BCUT2D eigenvalue weighted by molar-refractivity contribution is 5.94. The first-order valence-corrected chi connectivity index (χ1v) is 9.92. The predicted octanol–water partition coefficient (Wildman–Crippen LogP) is 4.74. The van der Waals surface area contributed by atoms with Gasteiger partial charge in [-0.1, -0.05) is 69.8 Å². The molecule has 1 aliphatic carbocycles. The Morgan fingerprint density at radius 1 is 1.20 bits per heavy atom. The largest absolute Gasteiger partial charge is 0.396 e. The van der Waals surface area contributed by atoms with E-state index in [2.05, 4.69) is 19.6 Å². The normalized spacial score (nSPS) is 22.6. The van der Waals surface area contributed by atoms with E-state index in [-0.39, 0.29) is 24.2 Å². The molecule has 25 heavy (non-hydrogen) atoms. The maximum atomic E-state index is 12.1. The van der Waals surface area contributed by atoms with Crippen LogP contribution in [0, 0.1) is 11.8 Å². The summed E-state index contributed by atoms with van der Waals surface area (Å²) in [6.45, 7) is 6.15. The van der Waals surface area contributed by atoms with Crippen LogP contribution >= 0.6 is 0 Å².